The lowest BCUT2D eigenvalue weighted by Crippen LogP contribution is -2.15. The fourth-order valence-electron chi connectivity index (χ4n) is 2.11. The Balaban J connectivity index is 1.54. The van der Waals surface area contributed by atoms with E-state index in [1.54, 1.807) is 30.3 Å². The summed E-state index contributed by atoms with van der Waals surface area (Å²) in [6, 6.07) is 12.6. The van der Waals surface area contributed by atoms with Crippen molar-refractivity contribution in [2.75, 3.05) is 6.61 Å². The van der Waals surface area contributed by atoms with Crippen molar-refractivity contribution in [3.8, 4) is 17.1 Å². The molecule has 0 saturated heterocycles. The Morgan fingerprint density at radius 3 is 2.81 bits per heavy atom. The van der Waals surface area contributed by atoms with Crippen LogP contribution in [0, 0.1) is 10.1 Å². The number of aromatic nitrogens is 2. The van der Waals surface area contributed by atoms with E-state index in [2.05, 4.69) is 10.1 Å². The van der Waals surface area contributed by atoms with E-state index >= 15 is 0 Å². The number of nitrogens with zero attached hydrogens (tertiary/aromatic N) is 3. The number of carbonyl (C=O) groups is 1. The van der Waals surface area contributed by atoms with Gasteiger partial charge in [0.2, 0.25) is 5.82 Å². The van der Waals surface area contributed by atoms with Crippen LogP contribution < -0.4 is 4.74 Å². The van der Waals surface area contributed by atoms with Crippen LogP contribution in [-0.2, 0) is 16.1 Å². The minimum Gasteiger partial charge on any atom is -0.475 e. The Morgan fingerprint density at radius 1 is 1.22 bits per heavy atom. The highest BCUT2D eigenvalue weighted by Gasteiger charge is 2.16. The van der Waals surface area contributed by atoms with Gasteiger partial charge in [0.05, 0.1) is 4.92 Å². The quantitative estimate of drug-likeness (QED) is 0.342. The summed E-state index contributed by atoms with van der Waals surface area (Å²) in [5, 5.41) is 15.2. The molecule has 0 radical (unpaired) electrons. The molecule has 3 rings (SSSR count). The Kier molecular flexibility index (Phi) is 5.62. The maximum Gasteiger partial charge on any atom is 0.344 e. The van der Waals surface area contributed by atoms with Crippen molar-refractivity contribution < 1.29 is 23.7 Å². The van der Waals surface area contributed by atoms with Crippen LogP contribution in [-0.4, -0.2) is 27.6 Å². The lowest BCUT2D eigenvalue weighted by atomic mass is 10.2. The second kappa shape index (κ2) is 8.28. The lowest BCUT2D eigenvalue weighted by molar-refractivity contribution is -0.385. The molecule has 0 unspecified atom stereocenters. The van der Waals surface area contributed by atoms with Crippen LogP contribution in [0.2, 0.25) is 5.02 Å². The molecule has 0 N–H and O–H groups in total. The highest BCUT2D eigenvalue weighted by molar-refractivity contribution is 6.30. The minimum absolute atomic E-state index is 0.0273. The first-order chi connectivity index (χ1) is 13.0. The smallest absolute Gasteiger partial charge is 0.344 e. The molecule has 10 heteroatoms. The number of nitro groups is 1. The van der Waals surface area contributed by atoms with E-state index in [9.17, 15) is 14.9 Å². The summed E-state index contributed by atoms with van der Waals surface area (Å²) in [5.74, 6) is -0.375. The van der Waals surface area contributed by atoms with Gasteiger partial charge in [0.15, 0.2) is 19.0 Å². The van der Waals surface area contributed by atoms with Gasteiger partial charge in [-0.25, -0.2) is 4.79 Å². The fraction of sp³-hybridized carbons (Fsp3) is 0.118. The topological polar surface area (TPSA) is 118 Å². The Labute approximate surface area is 157 Å². The number of carbonyl (C=O) groups excluding carboxylic acids is 1. The van der Waals surface area contributed by atoms with Crippen LogP contribution >= 0.6 is 11.6 Å². The molecule has 9 nitrogen and oxygen atoms in total. The van der Waals surface area contributed by atoms with E-state index in [4.69, 9.17) is 25.6 Å². The molecule has 1 heterocycles. The van der Waals surface area contributed by atoms with Gasteiger partial charge in [-0.2, -0.15) is 4.98 Å². The maximum atomic E-state index is 11.8. The number of hydrogen-bond acceptors (Lipinski definition) is 8. The average molecular weight is 390 g/mol. The van der Waals surface area contributed by atoms with Crippen LogP contribution in [0.1, 0.15) is 5.89 Å². The van der Waals surface area contributed by atoms with Gasteiger partial charge in [0, 0.05) is 16.7 Å². The molecule has 3 aromatic rings. The van der Waals surface area contributed by atoms with Gasteiger partial charge in [-0.1, -0.05) is 41.0 Å². The minimum atomic E-state index is -0.740. The SMILES string of the molecule is O=C(COc1ccccc1[N+](=O)[O-])OCc1nc(-c2cccc(Cl)c2)no1. The van der Waals surface area contributed by atoms with Gasteiger partial charge in [-0.3, -0.25) is 10.1 Å². The summed E-state index contributed by atoms with van der Waals surface area (Å²) >= 11 is 5.91. The van der Waals surface area contributed by atoms with E-state index in [1.165, 1.54) is 18.2 Å². The molecule has 138 valence electrons. The van der Waals surface area contributed by atoms with E-state index in [0.29, 0.717) is 16.4 Å². The predicted octanol–water partition coefficient (Wildman–Crippen LogP) is 3.42. The molecule has 0 aliphatic rings. The molecule has 0 fully saturated rings. The van der Waals surface area contributed by atoms with Crippen molar-refractivity contribution in [3.63, 3.8) is 0 Å². The summed E-state index contributed by atoms with van der Waals surface area (Å²) in [4.78, 5) is 26.2. The Bertz CT molecular complexity index is 975. The van der Waals surface area contributed by atoms with Crippen molar-refractivity contribution in [1.82, 2.24) is 10.1 Å². The molecule has 0 spiro atoms. The van der Waals surface area contributed by atoms with Crippen molar-refractivity contribution in [2.24, 2.45) is 0 Å². The summed E-state index contributed by atoms with van der Waals surface area (Å²) in [6.45, 7) is -0.757. The Morgan fingerprint density at radius 2 is 2.04 bits per heavy atom. The number of nitro benzene ring substituents is 1. The van der Waals surface area contributed by atoms with Crippen molar-refractivity contribution in [1.29, 1.82) is 0 Å². The lowest BCUT2D eigenvalue weighted by Gasteiger charge is -2.05. The molecule has 1 aromatic heterocycles. The zero-order valence-corrected chi connectivity index (χ0v) is 14.5. The summed E-state index contributed by atoms with van der Waals surface area (Å²) < 4.78 is 15.1. The molecule has 27 heavy (non-hydrogen) atoms. The van der Waals surface area contributed by atoms with Crippen molar-refractivity contribution in [3.05, 3.63) is 69.6 Å². The highest BCUT2D eigenvalue weighted by atomic mass is 35.5. The van der Waals surface area contributed by atoms with Crippen molar-refractivity contribution in [2.45, 2.75) is 6.61 Å². The molecular formula is C17H12ClN3O6. The highest BCUT2D eigenvalue weighted by Crippen LogP contribution is 2.25. The molecule has 0 saturated carbocycles. The van der Waals surface area contributed by atoms with E-state index in [-0.39, 0.29) is 23.9 Å². The van der Waals surface area contributed by atoms with Gasteiger partial charge < -0.3 is 14.0 Å². The number of ether oxygens (including phenoxy) is 2. The van der Waals surface area contributed by atoms with Crippen LogP contribution in [0.25, 0.3) is 11.4 Å². The Hall–Kier alpha value is -3.46. The zero-order valence-electron chi connectivity index (χ0n) is 13.7. The number of benzene rings is 2. The standard InChI is InChI=1S/C17H12ClN3O6/c18-12-5-3-4-11(8-12)17-19-15(27-20-17)9-26-16(22)10-25-14-7-2-1-6-13(14)21(23)24/h1-8H,9-10H2. The summed E-state index contributed by atoms with van der Waals surface area (Å²) in [7, 11) is 0. The second-order valence-corrected chi connectivity index (χ2v) is 5.63. The van der Waals surface area contributed by atoms with Gasteiger partial charge >= 0.3 is 11.7 Å². The van der Waals surface area contributed by atoms with Gasteiger partial charge in [-0.15, -0.1) is 0 Å². The number of rotatable bonds is 7. The largest absolute Gasteiger partial charge is 0.475 e. The zero-order chi connectivity index (χ0) is 19.2. The third kappa shape index (κ3) is 4.79. The van der Waals surface area contributed by atoms with Crippen LogP contribution in [0.15, 0.2) is 53.1 Å². The monoisotopic (exact) mass is 389 g/mol. The summed E-state index contributed by atoms with van der Waals surface area (Å²) in [6.07, 6.45) is 0. The molecule has 0 atom stereocenters. The van der Waals surface area contributed by atoms with Crippen LogP contribution in [0.3, 0.4) is 0 Å². The third-order valence-corrected chi connectivity index (χ3v) is 3.55. The number of hydrogen-bond donors (Lipinski definition) is 0. The normalized spacial score (nSPS) is 10.4. The molecule has 0 amide bonds. The van der Waals surface area contributed by atoms with Crippen LogP contribution in [0.5, 0.6) is 5.75 Å². The fourth-order valence-corrected chi connectivity index (χ4v) is 2.30. The number of halogens is 1. The molecule has 0 aliphatic carbocycles. The molecule has 0 aliphatic heterocycles. The molecular weight excluding hydrogens is 378 g/mol. The summed E-state index contributed by atoms with van der Waals surface area (Å²) in [5.41, 5.74) is 0.414. The van der Waals surface area contributed by atoms with E-state index < -0.39 is 17.5 Å². The van der Waals surface area contributed by atoms with Crippen molar-refractivity contribution >= 4 is 23.3 Å². The first kappa shape index (κ1) is 18.3. The van der Waals surface area contributed by atoms with E-state index in [0.717, 1.165) is 0 Å². The molecule has 0 bridgehead atoms. The molecule has 2 aromatic carbocycles. The number of para-hydroxylation sites is 2. The van der Waals surface area contributed by atoms with Gasteiger partial charge in [0.25, 0.3) is 5.89 Å². The first-order valence-electron chi connectivity index (χ1n) is 7.63. The average Bonchev–Trinajstić information content (AvgIpc) is 3.14. The van der Waals surface area contributed by atoms with Gasteiger partial charge in [0.1, 0.15) is 0 Å². The third-order valence-electron chi connectivity index (χ3n) is 3.32. The second-order valence-electron chi connectivity index (χ2n) is 5.20. The van der Waals surface area contributed by atoms with Gasteiger partial charge in [-0.05, 0) is 18.2 Å². The predicted molar refractivity (Wildman–Crippen MR) is 93.1 cm³/mol. The first-order valence-corrected chi connectivity index (χ1v) is 8.01. The maximum absolute atomic E-state index is 11.8. The number of esters is 1. The van der Waals surface area contributed by atoms with Crippen LogP contribution in [0.4, 0.5) is 5.69 Å². The van der Waals surface area contributed by atoms with E-state index in [1.807, 2.05) is 0 Å².